The Morgan fingerprint density at radius 3 is 2.54 bits per heavy atom. The van der Waals surface area contributed by atoms with Gasteiger partial charge in [-0.2, -0.15) is 0 Å². The molecule has 1 N–H and O–H groups in total. The van der Waals surface area contributed by atoms with Crippen molar-refractivity contribution in [3.63, 3.8) is 0 Å². The average Bonchev–Trinajstić information content (AvgIpc) is 2.70. The van der Waals surface area contributed by atoms with Gasteiger partial charge in [0.2, 0.25) is 15.9 Å². The van der Waals surface area contributed by atoms with Crippen molar-refractivity contribution in [3.05, 3.63) is 70.7 Å². The predicted molar refractivity (Wildman–Crippen MR) is 111 cm³/mol. The topological polar surface area (TPSA) is 66.5 Å². The fourth-order valence-corrected chi connectivity index (χ4v) is 5.18. The van der Waals surface area contributed by atoms with Crippen LogP contribution in [0, 0.1) is 5.92 Å². The highest BCUT2D eigenvalue weighted by Crippen LogP contribution is 2.23. The van der Waals surface area contributed by atoms with Crippen LogP contribution >= 0.6 is 11.6 Å². The summed E-state index contributed by atoms with van der Waals surface area (Å²) >= 11 is 5.87. The average molecular weight is 421 g/mol. The van der Waals surface area contributed by atoms with Gasteiger partial charge in [0.15, 0.2) is 0 Å². The Bertz CT molecular complexity index is 901. The summed E-state index contributed by atoms with van der Waals surface area (Å²) in [4.78, 5) is 12.7. The number of sulfonamides is 1. The first kappa shape index (κ1) is 20.8. The lowest BCUT2D eigenvalue weighted by Crippen LogP contribution is -2.46. The number of benzene rings is 2. The zero-order chi connectivity index (χ0) is 20.1. The number of rotatable bonds is 6. The molecule has 2 aromatic rings. The maximum atomic E-state index is 12.8. The number of hydrogen-bond acceptors (Lipinski definition) is 3. The highest BCUT2D eigenvalue weighted by molar-refractivity contribution is 7.88. The fraction of sp³-hybridized carbons (Fsp3) is 0.381. The Balaban J connectivity index is 1.62. The van der Waals surface area contributed by atoms with E-state index in [1.54, 1.807) is 24.3 Å². The van der Waals surface area contributed by atoms with E-state index < -0.39 is 10.0 Å². The van der Waals surface area contributed by atoms with Crippen molar-refractivity contribution in [1.29, 1.82) is 0 Å². The predicted octanol–water partition coefficient (Wildman–Crippen LogP) is 3.76. The number of carbonyl (C=O) groups excluding carboxylic acids is 1. The SMILES string of the molecule is C[C@@H](NC(=O)[C@H]1CCCN(S(=O)(=O)Cc2ccc(Cl)cc2)C1)c1ccccc1. The third-order valence-electron chi connectivity index (χ3n) is 5.07. The molecule has 2 atom stereocenters. The molecule has 0 radical (unpaired) electrons. The summed E-state index contributed by atoms with van der Waals surface area (Å²) in [5.74, 6) is -0.512. The maximum Gasteiger partial charge on any atom is 0.224 e. The number of hydrogen-bond donors (Lipinski definition) is 1. The van der Waals surface area contributed by atoms with Gasteiger partial charge in [-0.05, 0) is 43.0 Å². The van der Waals surface area contributed by atoms with E-state index in [1.165, 1.54) is 4.31 Å². The molecule has 0 saturated carbocycles. The highest BCUT2D eigenvalue weighted by Gasteiger charge is 2.32. The molecule has 7 heteroatoms. The Kier molecular flexibility index (Phi) is 6.75. The minimum Gasteiger partial charge on any atom is -0.349 e. The minimum absolute atomic E-state index is 0.0844. The lowest BCUT2D eigenvalue weighted by molar-refractivity contribution is -0.126. The summed E-state index contributed by atoms with van der Waals surface area (Å²) in [6.45, 7) is 2.61. The van der Waals surface area contributed by atoms with Crippen molar-refractivity contribution >= 4 is 27.5 Å². The largest absolute Gasteiger partial charge is 0.349 e. The van der Waals surface area contributed by atoms with Crippen LogP contribution in [0.15, 0.2) is 54.6 Å². The molecule has 0 spiro atoms. The van der Waals surface area contributed by atoms with Crippen LogP contribution in [0.3, 0.4) is 0 Å². The van der Waals surface area contributed by atoms with E-state index in [9.17, 15) is 13.2 Å². The van der Waals surface area contributed by atoms with E-state index in [4.69, 9.17) is 11.6 Å². The normalized spacial score (nSPS) is 19.1. The molecule has 1 fully saturated rings. The summed E-state index contributed by atoms with van der Waals surface area (Å²) in [5.41, 5.74) is 1.72. The molecule has 1 aliphatic heterocycles. The third-order valence-corrected chi connectivity index (χ3v) is 7.14. The Morgan fingerprint density at radius 1 is 1.18 bits per heavy atom. The van der Waals surface area contributed by atoms with E-state index in [1.807, 2.05) is 37.3 Å². The quantitative estimate of drug-likeness (QED) is 0.773. The number of amides is 1. The molecule has 0 aliphatic carbocycles. The standard InChI is InChI=1S/C21H25ClN2O3S/c1-16(18-6-3-2-4-7-18)23-21(25)19-8-5-13-24(14-19)28(26,27)15-17-9-11-20(22)12-10-17/h2-4,6-7,9-12,16,19H,5,8,13-15H2,1H3,(H,23,25)/t16-,19+/m1/s1. The van der Waals surface area contributed by atoms with Crippen LogP contribution in [0.5, 0.6) is 0 Å². The number of nitrogens with one attached hydrogen (secondary N) is 1. The number of nitrogens with zero attached hydrogens (tertiary/aromatic N) is 1. The molecular formula is C21H25ClN2O3S. The Hall–Kier alpha value is -1.89. The zero-order valence-electron chi connectivity index (χ0n) is 15.8. The molecule has 150 valence electrons. The van der Waals surface area contributed by atoms with Gasteiger partial charge in [-0.1, -0.05) is 54.1 Å². The van der Waals surface area contributed by atoms with E-state index in [-0.39, 0.29) is 30.2 Å². The van der Waals surface area contributed by atoms with E-state index >= 15 is 0 Å². The zero-order valence-corrected chi connectivity index (χ0v) is 17.4. The molecule has 0 aromatic heterocycles. The summed E-state index contributed by atoms with van der Waals surface area (Å²) < 4.78 is 27.1. The molecule has 28 heavy (non-hydrogen) atoms. The van der Waals surface area contributed by atoms with Crippen LogP contribution in [-0.2, 0) is 20.6 Å². The molecule has 2 aromatic carbocycles. The van der Waals surface area contributed by atoms with Gasteiger partial charge in [-0.3, -0.25) is 4.79 Å². The van der Waals surface area contributed by atoms with Gasteiger partial charge < -0.3 is 5.32 Å². The molecule has 1 saturated heterocycles. The van der Waals surface area contributed by atoms with Gasteiger partial charge >= 0.3 is 0 Å². The summed E-state index contributed by atoms with van der Waals surface area (Å²) in [6, 6.07) is 16.4. The van der Waals surface area contributed by atoms with Gasteiger partial charge in [-0.25, -0.2) is 12.7 Å². The van der Waals surface area contributed by atoms with Gasteiger partial charge in [0, 0.05) is 18.1 Å². The van der Waals surface area contributed by atoms with Gasteiger partial charge in [0.25, 0.3) is 0 Å². The Morgan fingerprint density at radius 2 is 1.86 bits per heavy atom. The molecule has 1 heterocycles. The second kappa shape index (κ2) is 9.07. The van der Waals surface area contributed by atoms with Crippen LogP contribution < -0.4 is 5.32 Å². The van der Waals surface area contributed by atoms with Crippen molar-refractivity contribution in [2.45, 2.75) is 31.6 Å². The van der Waals surface area contributed by atoms with E-state index in [2.05, 4.69) is 5.32 Å². The molecule has 1 aliphatic rings. The smallest absolute Gasteiger partial charge is 0.224 e. The molecule has 3 rings (SSSR count). The first-order valence-corrected chi connectivity index (χ1v) is 11.4. The third kappa shape index (κ3) is 5.34. The number of piperidine rings is 1. The van der Waals surface area contributed by atoms with Crippen LogP contribution in [0.2, 0.25) is 5.02 Å². The van der Waals surface area contributed by atoms with E-state index in [0.29, 0.717) is 30.0 Å². The summed E-state index contributed by atoms with van der Waals surface area (Å²) in [7, 11) is -3.49. The first-order valence-electron chi connectivity index (χ1n) is 9.43. The second-order valence-corrected chi connectivity index (χ2v) is 9.63. The summed E-state index contributed by atoms with van der Waals surface area (Å²) in [6.07, 6.45) is 1.37. The van der Waals surface area contributed by atoms with Crippen LogP contribution in [0.25, 0.3) is 0 Å². The van der Waals surface area contributed by atoms with E-state index in [0.717, 1.165) is 5.56 Å². The van der Waals surface area contributed by atoms with Crippen molar-refractivity contribution < 1.29 is 13.2 Å². The van der Waals surface area contributed by atoms with Crippen LogP contribution in [0.1, 0.15) is 36.9 Å². The van der Waals surface area contributed by atoms with Gasteiger partial charge in [0.05, 0.1) is 17.7 Å². The molecule has 5 nitrogen and oxygen atoms in total. The van der Waals surface area contributed by atoms with Crippen LogP contribution in [0.4, 0.5) is 0 Å². The van der Waals surface area contributed by atoms with Crippen molar-refractivity contribution in [2.24, 2.45) is 5.92 Å². The fourth-order valence-electron chi connectivity index (χ4n) is 3.45. The second-order valence-electron chi connectivity index (χ2n) is 7.22. The monoisotopic (exact) mass is 420 g/mol. The summed E-state index contributed by atoms with van der Waals surface area (Å²) in [5, 5.41) is 3.59. The minimum atomic E-state index is -3.49. The highest BCUT2D eigenvalue weighted by atomic mass is 35.5. The first-order chi connectivity index (χ1) is 13.3. The maximum absolute atomic E-state index is 12.8. The lowest BCUT2D eigenvalue weighted by Gasteiger charge is -2.32. The van der Waals surface area contributed by atoms with Crippen LogP contribution in [-0.4, -0.2) is 31.7 Å². The molecule has 0 unspecified atom stereocenters. The van der Waals surface area contributed by atoms with Crippen molar-refractivity contribution in [2.75, 3.05) is 13.1 Å². The van der Waals surface area contributed by atoms with Gasteiger partial charge in [-0.15, -0.1) is 0 Å². The van der Waals surface area contributed by atoms with Crippen molar-refractivity contribution in [1.82, 2.24) is 9.62 Å². The Labute approximate surface area is 171 Å². The van der Waals surface area contributed by atoms with Crippen molar-refractivity contribution in [3.8, 4) is 0 Å². The molecular weight excluding hydrogens is 396 g/mol. The molecule has 1 amide bonds. The lowest BCUT2D eigenvalue weighted by atomic mass is 9.98. The number of halogens is 1. The number of carbonyl (C=O) groups is 1. The molecule has 0 bridgehead atoms. The van der Waals surface area contributed by atoms with Gasteiger partial charge in [0.1, 0.15) is 0 Å².